The molecule has 6 heteroatoms. The van der Waals surface area contributed by atoms with E-state index in [0.29, 0.717) is 10.8 Å². The Balaban J connectivity index is 1.42. The van der Waals surface area contributed by atoms with Gasteiger partial charge in [-0.3, -0.25) is 14.7 Å². The van der Waals surface area contributed by atoms with Crippen LogP contribution in [0.1, 0.15) is 28.3 Å². The molecule has 1 amide bonds. The second-order valence-electron chi connectivity index (χ2n) is 5.76. The van der Waals surface area contributed by atoms with Gasteiger partial charge in [-0.25, -0.2) is 0 Å². The van der Waals surface area contributed by atoms with Gasteiger partial charge in [0.15, 0.2) is 0 Å². The molecule has 0 aromatic carbocycles. The molecule has 0 saturated carbocycles. The molecule has 1 aliphatic heterocycles. The molecule has 1 aliphatic rings. The van der Waals surface area contributed by atoms with Gasteiger partial charge >= 0.3 is 0 Å². The van der Waals surface area contributed by atoms with Gasteiger partial charge in [0.1, 0.15) is 10.6 Å². The van der Waals surface area contributed by atoms with Gasteiger partial charge in [0.05, 0.1) is 18.0 Å². The maximum Gasteiger partial charge on any atom is 0.263 e. The number of aromatic nitrogens is 1. The topological polar surface area (TPSA) is 58.4 Å². The molecule has 0 spiro atoms. The summed E-state index contributed by atoms with van der Waals surface area (Å²) in [6.45, 7) is 3.78. The summed E-state index contributed by atoms with van der Waals surface area (Å²) in [5, 5.41) is 3.03. The molecule has 122 valence electrons. The number of rotatable bonds is 6. The van der Waals surface area contributed by atoms with E-state index in [1.54, 1.807) is 18.0 Å². The van der Waals surface area contributed by atoms with Crippen molar-refractivity contribution in [2.45, 2.75) is 12.8 Å². The summed E-state index contributed by atoms with van der Waals surface area (Å²) in [4.78, 5) is 19.0. The first-order chi connectivity index (χ1) is 11.3. The molecule has 2 aromatic rings. The highest BCUT2D eigenvalue weighted by Crippen LogP contribution is 2.16. The number of amides is 1. The molecular weight excluding hydrogens is 310 g/mol. The predicted molar refractivity (Wildman–Crippen MR) is 91.4 cm³/mol. The normalized spacial score (nSPS) is 19.2. The van der Waals surface area contributed by atoms with E-state index in [1.165, 1.54) is 24.2 Å². The lowest BCUT2D eigenvalue weighted by atomic mass is 9.98. The Bertz CT molecular complexity index is 622. The highest BCUT2D eigenvalue weighted by Gasteiger charge is 2.20. The van der Waals surface area contributed by atoms with Gasteiger partial charge in [0.25, 0.3) is 5.91 Å². The second-order valence-corrected chi connectivity index (χ2v) is 6.65. The molecule has 1 saturated heterocycles. The Kier molecular flexibility index (Phi) is 5.60. The smallest absolute Gasteiger partial charge is 0.263 e. The largest absolute Gasteiger partial charge is 0.465 e. The van der Waals surface area contributed by atoms with Crippen molar-refractivity contribution in [1.82, 2.24) is 15.2 Å². The standard InChI is InChI=1S/C17H21N3O2S/c21-17(16-11-18-13-23-16)19-10-14-4-1-7-20(12-14)8-2-5-15-6-3-9-22-15/h2-3,5-6,9,11,13-14H,1,4,7-8,10,12H2,(H,19,21). The molecule has 23 heavy (non-hydrogen) atoms. The molecule has 5 nitrogen and oxygen atoms in total. The van der Waals surface area contributed by atoms with E-state index in [1.807, 2.05) is 18.2 Å². The summed E-state index contributed by atoms with van der Waals surface area (Å²) in [5.74, 6) is 1.38. The van der Waals surface area contributed by atoms with Crippen molar-refractivity contribution in [2.75, 3.05) is 26.2 Å². The molecule has 2 aromatic heterocycles. The number of likely N-dealkylation sites (tertiary alicyclic amines) is 1. The van der Waals surface area contributed by atoms with Crippen LogP contribution in [-0.2, 0) is 0 Å². The van der Waals surface area contributed by atoms with Crippen molar-refractivity contribution in [2.24, 2.45) is 5.92 Å². The van der Waals surface area contributed by atoms with E-state index in [9.17, 15) is 4.79 Å². The zero-order valence-electron chi connectivity index (χ0n) is 13.0. The number of nitrogens with one attached hydrogen (secondary N) is 1. The van der Waals surface area contributed by atoms with E-state index in [0.717, 1.165) is 31.9 Å². The number of hydrogen-bond acceptors (Lipinski definition) is 5. The molecule has 0 bridgehead atoms. The minimum absolute atomic E-state index is 0.0117. The minimum atomic E-state index is -0.0117. The number of furan rings is 1. The number of nitrogens with zero attached hydrogens (tertiary/aromatic N) is 2. The monoisotopic (exact) mass is 331 g/mol. The first kappa shape index (κ1) is 16.0. The fourth-order valence-electron chi connectivity index (χ4n) is 2.84. The molecule has 0 radical (unpaired) electrons. The van der Waals surface area contributed by atoms with Crippen LogP contribution in [0.2, 0.25) is 0 Å². The first-order valence-electron chi connectivity index (χ1n) is 7.90. The molecule has 1 unspecified atom stereocenters. The highest BCUT2D eigenvalue weighted by atomic mass is 32.1. The van der Waals surface area contributed by atoms with Crippen LogP contribution in [0.4, 0.5) is 0 Å². The molecule has 1 atom stereocenters. The molecule has 3 rings (SSSR count). The summed E-state index contributed by atoms with van der Waals surface area (Å²) in [6.07, 6.45) is 9.79. The van der Waals surface area contributed by atoms with E-state index >= 15 is 0 Å². The van der Waals surface area contributed by atoms with Gasteiger partial charge in [-0.2, -0.15) is 0 Å². The number of carbonyl (C=O) groups excluding carboxylic acids is 1. The predicted octanol–water partition coefficient (Wildman–Crippen LogP) is 2.89. The molecule has 0 aliphatic carbocycles. The van der Waals surface area contributed by atoms with E-state index in [2.05, 4.69) is 21.3 Å². The van der Waals surface area contributed by atoms with Crippen molar-refractivity contribution < 1.29 is 9.21 Å². The molecule has 1 fully saturated rings. The lowest BCUT2D eigenvalue weighted by Gasteiger charge is -2.32. The van der Waals surface area contributed by atoms with E-state index in [4.69, 9.17) is 4.42 Å². The maximum absolute atomic E-state index is 12.0. The SMILES string of the molecule is O=C(NCC1CCCN(CC=Cc2ccco2)C1)c1cncs1. The van der Waals surface area contributed by atoms with Crippen LogP contribution in [0.15, 0.2) is 40.6 Å². The number of carbonyl (C=O) groups is 1. The Hall–Kier alpha value is -1.92. The van der Waals surface area contributed by atoms with E-state index < -0.39 is 0 Å². The Morgan fingerprint density at radius 3 is 3.30 bits per heavy atom. The molecular formula is C17H21N3O2S. The van der Waals surface area contributed by atoms with Crippen LogP contribution < -0.4 is 5.32 Å². The maximum atomic E-state index is 12.0. The average molecular weight is 331 g/mol. The van der Waals surface area contributed by atoms with Crippen LogP contribution in [0.25, 0.3) is 6.08 Å². The van der Waals surface area contributed by atoms with Crippen molar-refractivity contribution in [3.8, 4) is 0 Å². The van der Waals surface area contributed by atoms with Crippen LogP contribution in [0.3, 0.4) is 0 Å². The van der Waals surface area contributed by atoms with Crippen LogP contribution in [0.5, 0.6) is 0 Å². The lowest BCUT2D eigenvalue weighted by molar-refractivity contribution is 0.0938. The summed E-state index contributed by atoms with van der Waals surface area (Å²) in [5.41, 5.74) is 1.68. The Morgan fingerprint density at radius 1 is 1.57 bits per heavy atom. The van der Waals surface area contributed by atoms with Crippen LogP contribution in [-0.4, -0.2) is 42.0 Å². The molecule has 3 heterocycles. The third-order valence-electron chi connectivity index (χ3n) is 4.00. The van der Waals surface area contributed by atoms with Crippen molar-refractivity contribution in [1.29, 1.82) is 0 Å². The fourth-order valence-corrected chi connectivity index (χ4v) is 3.38. The Labute approximate surface area is 140 Å². The van der Waals surface area contributed by atoms with Crippen molar-refractivity contribution >= 4 is 23.3 Å². The summed E-state index contributed by atoms with van der Waals surface area (Å²) in [6, 6.07) is 3.84. The fraction of sp³-hybridized carbons (Fsp3) is 0.412. The zero-order chi connectivity index (χ0) is 15.9. The lowest BCUT2D eigenvalue weighted by Crippen LogP contribution is -2.40. The quantitative estimate of drug-likeness (QED) is 0.884. The minimum Gasteiger partial charge on any atom is -0.465 e. The third kappa shape index (κ3) is 4.77. The second kappa shape index (κ2) is 8.08. The van der Waals surface area contributed by atoms with E-state index in [-0.39, 0.29) is 5.91 Å². The van der Waals surface area contributed by atoms with Crippen molar-refractivity contribution in [3.05, 3.63) is 46.8 Å². The van der Waals surface area contributed by atoms with Gasteiger partial charge in [-0.05, 0) is 43.5 Å². The number of thiazole rings is 1. The zero-order valence-corrected chi connectivity index (χ0v) is 13.8. The van der Waals surface area contributed by atoms with Gasteiger partial charge in [0.2, 0.25) is 0 Å². The Morgan fingerprint density at radius 2 is 2.52 bits per heavy atom. The van der Waals surface area contributed by atoms with Crippen LogP contribution in [0, 0.1) is 5.92 Å². The van der Waals surface area contributed by atoms with Gasteiger partial charge in [0, 0.05) is 19.6 Å². The highest BCUT2D eigenvalue weighted by molar-refractivity contribution is 7.11. The summed E-state index contributed by atoms with van der Waals surface area (Å²) in [7, 11) is 0. The average Bonchev–Trinajstić information content (AvgIpc) is 3.26. The number of piperidine rings is 1. The third-order valence-corrected chi connectivity index (χ3v) is 4.77. The van der Waals surface area contributed by atoms with Crippen LogP contribution >= 0.6 is 11.3 Å². The number of hydrogen-bond donors (Lipinski definition) is 1. The van der Waals surface area contributed by atoms with Crippen molar-refractivity contribution in [3.63, 3.8) is 0 Å². The summed E-state index contributed by atoms with van der Waals surface area (Å²) >= 11 is 1.38. The van der Waals surface area contributed by atoms with Gasteiger partial charge < -0.3 is 9.73 Å². The first-order valence-corrected chi connectivity index (χ1v) is 8.78. The molecule has 1 N–H and O–H groups in total. The summed E-state index contributed by atoms with van der Waals surface area (Å²) < 4.78 is 5.29. The van der Waals surface area contributed by atoms with Gasteiger partial charge in [-0.1, -0.05) is 6.08 Å². The van der Waals surface area contributed by atoms with Gasteiger partial charge in [-0.15, -0.1) is 11.3 Å².